The highest BCUT2D eigenvalue weighted by Gasteiger charge is 2.42. The number of ether oxygens (including phenoxy) is 1. The van der Waals surface area contributed by atoms with Crippen molar-refractivity contribution in [3.8, 4) is 0 Å². The molecule has 1 aliphatic rings. The number of allylic oxidation sites excluding steroid dienone is 1. The standard InChI is InChI=1S/C19H24N2O5/c1-3-4-12-7-11-5-6-13(8-14(11)21-19(12)25)20-16-10(2)26-15(9-22)17(23)18(16)24/h3-8,10,15-18,20,22-24H,9H2,1-2H3,(H,21,25)/b4-3+. The molecule has 2 aromatic rings. The summed E-state index contributed by atoms with van der Waals surface area (Å²) >= 11 is 0. The lowest BCUT2D eigenvalue weighted by atomic mass is 9.93. The van der Waals surface area contributed by atoms with E-state index in [1.165, 1.54) is 0 Å². The van der Waals surface area contributed by atoms with Crippen LogP contribution in [0.4, 0.5) is 5.69 Å². The molecule has 0 aliphatic carbocycles. The fourth-order valence-corrected chi connectivity index (χ4v) is 3.31. The van der Waals surface area contributed by atoms with Crippen LogP contribution in [0.15, 0.2) is 35.1 Å². The molecule has 1 fully saturated rings. The van der Waals surface area contributed by atoms with E-state index >= 15 is 0 Å². The van der Waals surface area contributed by atoms with Gasteiger partial charge in [0.2, 0.25) is 0 Å². The van der Waals surface area contributed by atoms with Gasteiger partial charge in [0.15, 0.2) is 0 Å². The number of aromatic nitrogens is 1. The monoisotopic (exact) mass is 360 g/mol. The van der Waals surface area contributed by atoms with Crippen molar-refractivity contribution in [1.29, 1.82) is 0 Å². The maximum atomic E-state index is 12.1. The Labute approximate surface area is 150 Å². The lowest BCUT2D eigenvalue weighted by Crippen LogP contribution is -2.60. The van der Waals surface area contributed by atoms with Crippen LogP contribution in [0.3, 0.4) is 0 Å². The highest BCUT2D eigenvalue weighted by atomic mass is 16.5. The van der Waals surface area contributed by atoms with E-state index in [2.05, 4.69) is 10.3 Å². The average Bonchev–Trinajstić information content (AvgIpc) is 2.62. The van der Waals surface area contributed by atoms with Gasteiger partial charge < -0.3 is 30.4 Å². The van der Waals surface area contributed by atoms with E-state index in [4.69, 9.17) is 4.74 Å². The first-order chi connectivity index (χ1) is 12.4. The van der Waals surface area contributed by atoms with Crippen LogP contribution in [-0.2, 0) is 4.74 Å². The third-order valence-corrected chi connectivity index (χ3v) is 4.73. The Balaban J connectivity index is 1.87. The van der Waals surface area contributed by atoms with Crippen molar-refractivity contribution in [2.75, 3.05) is 11.9 Å². The van der Waals surface area contributed by atoms with E-state index in [0.717, 1.165) is 5.39 Å². The molecule has 1 saturated heterocycles. The molecule has 5 N–H and O–H groups in total. The number of fused-ring (bicyclic) bond motifs is 1. The van der Waals surface area contributed by atoms with Crippen LogP contribution in [0.5, 0.6) is 0 Å². The number of H-pyrrole nitrogens is 1. The minimum Gasteiger partial charge on any atom is -0.394 e. The predicted octanol–water partition coefficient (Wildman–Crippen LogP) is 0.843. The minimum absolute atomic E-state index is 0.177. The van der Waals surface area contributed by atoms with Gasteiger partial charge in [-0.2, -0.15) is 0 Å². The summed E-state index contributed by atoms with van der Waals surface area (Å²) in [5.41, 5.74) is 1.76. The van der Waals surface area contributed by atoms with Gasteiger partial charge in [0, 0.05) is 11.3 Å². The molecule has 1 aromatic heterocycles. The number of aromatic amines is 1. The van der Waals surface area contributed by atoms with E-state index in [-0.39, 0.29) is 12.2 Å². The number of benzene rings is 1. The number of hydrogen-bond donors (Lipinski definition) is 5. The zero-order valence-electron chi connectivity index (χ0n) is 14.7. The zero-order chi connectivity index (χ0) is 18.8. The topological polar surface area (TPSA) is 115 Å². The number of aliphatic hydroxyl groups excluding tert-OH is 3. The van der Waals surface area contributed by atoms with Crippen molar-refractivity contribution in [1.82, 2.24) is 4.98 Å². The summed E-state index contributed by atoms with van der Waals surface area (Å²) in [5, 5.41) is 33.7. The van der Waals surface area contributed by atoms with Crippen molar-refractivity contribution in [3.63, 3.8) is 0 Å². The van der Waals surface area contributed by atoms with Gasteiger partial charge in [0.05, 0.1) is 24.3 Å². The molecule has 0 radical (unpaired) electrons. The molecule has 7 heteroatoms. The van der Waals surface area contributed by atoms with Gasteiger partial charge in [-0.3, -0.25) is 4.79 Å². The highest BCUT2D eigenvalue weighted by Crippen LogP contribution is 2.25. The Morgan fingerprint density at radius 1 is 1.27 bits per heavy atom. The zero-order valence-corrected chi connectivity index (χ0v) is 14.7. The first kappa shape index (κ1) is 18.6. The minimum atomic E-state index is -1.18. The van der Waals surface area contributed by atoms with Crippen LogP contribution in [0.25, 0.3) is 17.0 Å². The summed E-state index contributed by atoms with van der Waals surface area (Å²) in [5.74, 6) is 0. The molecule has 3 rings (SSSR count). The SMILES string of the molecule is C/C=C/c1cc2ccc(NC3C(C)OC(CO)C(O)C3O)cc2[nH]c1=O. The van der Waals surface area contributed by atoms with E-state index in [9.17, 15) is 20.1 Å². The van der Waals surface area contributed by atoms with Crippen LogP contribution in [-0.4, -0.2) is 57.4 Å². The Morgan fingerprint density at radius 2 is 2.04 bits per heavy atom. The number of anilines is 1. The Bertz CT molecular complexity index is 863. The molecule has 0 spiro atoms. The molecule has 2 heterocycles. The first-order valence-electron chi connectivity index (χ1n) is 8.63. The summed E-state index contributed by atoms with van der Waals surface area (Å²) in [4.78, 5) is 14.9. The van der Waals surface area contributed by atoms with Crippen LogP contribution in [0.2, 0.25) is 0 Å². The molecule has 1 aromatic carbocycles. The van der Waals surface area contributed by atoms with Crippen LogP contribution < -0.4 is 10.9 Å². The van der Waals surface area contributed by atoms with Gasteiger partial charge in [0.25, 0.3) is 5.56 Å². The normalized spacial score (nSPS) is 29.3. The molecule has 0 amide bonds. The van der Waals surface area contributed by atoms with Crippen LogP contribution >= 0.6 is 0 Å². The van der Waals surface area contributed by atoms with E-state index in [1.54, 1.807) is 19.1 Å². The summed E-state index contributed by atoms with van der Waals surface area (Å²) in [6.45, 7) is 3.26. The molecule has 5 unspecified atom stereocenters. The van der Waals surface area contributed by atoms with E-state index in [1.807, 2.05) is 31.2 Å². The Morgan fingerprint density at radius 3 is 2.73 bits per heavy atom. The lowest BCUT2D eigenvalue weighted by molar-refractivity contribution is -0.180. The third kappa shape index (κ3) is 3.52. The maximum absolute atomic E-state index is 12.1. The summed E-state index contributed by atoms with van der Waals surface area (Å²) in [6, 6.07) is 6.74. The number of aliphatic hydroxyl groups is 3. The van der Waals surface area contributed by atoms with Crippen LogP contribution in [0, 0.1) is 0 Å². The largest absolute Gasteiger partial charge is 0.394 e. The molecule has 0 bridgehead atoms. The van der Waals surface area contributed by atoms with Crippen molar-refractivity contribution in [3.05, 3.63) is 46.3 Å². The molecule has 0 saturated carbocycles. The van der Waals surface area contributed by atoms with Crippen molar-refractivity contribution in [2.45, 2.75) is 44.3 Å². The van der Waals surface area contributed by atoms with Crippen molar-refractivity contribution in [2.24, 2.45) is 0 Å². The average molecular weight is 360 g/mol. The number of rotatable bonds is 4. The second-order valence-electron chi connectivity index (χ2n) is 6.57. The lowest BCUT2D eigenvalue weighted by Gasteiger charge is -2.41. The first-order valence-corrected chi connectivity index (χ1v) is 8.63. The number of hydrogen-bond acceptors (Lipinski definition) is 6. The summed E-state index contributed by atoms with van der Waals surface area (Å²) in [6.07, 6.45) is 0.0534. The van der Waals surface area contributed by atoms with E-state index < -0.39 is 30.5 Å². The quantitative estimate of drug-likeness (QED) is 0.552. The van der Waals surface area contributed by atoms with E-state index in [0.29, 0.717) is 16.8 Å². The van der Waals surface area contributed by atoms with Gasteiger partial charge in [-0.25, -0.2) is 0 Å². The highest BCUT2D eigenvalue weighted by molar-refractivity contribution is 5.83. The molecule has 1 aliphatic heterocycles. The number of pyridine rings is 1. The molecule has 26 heavy (non-hydrogen) atoms. The molecule has 5 atom stereocenters. The Kier molecular flexibility index (Phi) is 5.43. The second kappa shape index (κ2) is 7.59. The van der Waals surface area contributed by atoms with Gasteiger partial charge >= 0.3 is 0 Å². The predicted molar refractivity (Wildman–Crippen MR) is 100 cm³/mol. The van der Waals surface area contributed by atoms with Gasteiger partial charge in [-0.1, -0.05) is 18.2 Å². The molecular weight excluding hydrogens is 336 g/mol. The third-order valence-electron chi connectivity index (χ3n) is 4.73. The van der Waals surface area contributed by atoms with Gasteiger partial charge in [-0.15, -0.1) is 0 Å². The van der Waals surface area contributed by atoms with Gasteiger partial charge in [-0.05, 0) is 37.4 Å². The molecular formula is C19H24N2O5. The number of nitrogens with one attached hydrogen (secondary N) is 2. The van der Waals surface area contributed by atoms with Crippen LogP contribution in [0.1, 0.15) is 19.4 Å². The van der Waals surface area contributed by atoms with Crippen molar-refractivity contribution >= 4 is 22.7 Å². The molecule has 7 nitrogen and oxygen atoms in total. The summed E-state index contributed by atoms with van der Waals surface area (Å²) in [7, 11) is 0. The molecule has 140 valence electrons. The van der Waals surface area contributed by atoms with Crippen molar-refractivity contribution < 1.29 is 20.1 Å². The van der Waals surface area contributed by atoms with Gasteiger partial charge in [0.1, 0.15) is 18.3 Å². The maximum Gasteiger partial charge on any atom is 0.255 e. The fraction of sp³-hybridized carbons (Fsp3) is 0.421. The smallest absolute Gasteiger partial charge is 0.255 e. The Hall–Kier alpha value is -2.19. The second-order valence-corrected chi connectivity index (χ2v) is 6.57. The fourth-order valence-electron chi connectivity index (χ4n) is 3.31. The summed E-state index contributed by atoms with van der Waals surface area (Å²) < 4.78 is 5.56.